The van der Waals surface area contributed by atoms with Crippen molar-refractivity contribution in [2.75, 3.05) is 4.90 Å². The number of furan rings is 1. The lowest BCUT2D eigenvalue weighted by Crippen LogP contribution is -2.11. The highest BCUT2D eigenvalue weighted by atomic mass is 16.3. The monoisotopic (exact) mass is 841 g/mol. The van der Waals surface area contributed by atoms with E-state index in [0.717, 1.165) is 77.9 Å². The number of benzene rings is 11. The van der Waals surface area contributed by atoms with E-state index in [-0.39, 0.29) is 0 Å². The largest absolute Gasteiger partial charge is 0.455 e. The maximum absolute atomic E-state index is 6.82. The average molecular weight is 842 g/mol. The summed E-state index contributed by atoms with van der Waals surface area (Å²) in [7, 11) is 0. The van der Waals surface area contributed by atoms with Gasteiger partial charge in [0.15, 0.2) is 0 Å². The fraction of sp³-hybridized carbons (Fsp3) is 0. The molecule has 0 aliphatic rings. The van der Waals surface area contributed by atoms with Crippen molar-refractivity contribution in [1.29, 1.82) is 0 Å². The van der Waals surface area contributed by atoms with Crippen LogP contribution in [0.25, 0.3) is 99.5 Å². The highest BCUT2D eigenvalue weighted by Gasteiger charge is 2.20. The quantitative estimate of drug-likeness (QED) is 0.144. The van der Waals surface area contributed by atoms with Gasteiger partial charge in [0.2, 0.25) is 0 Å². The molecular weight excluding hydrogens is 799 g/mol. The number of para-hydroxylation sites is 3. The Morgan fingerprint density at radius 2 is 0.667 bits per heavy atom. The van der Waals surface area contributed by atoms with E-state index in [1.807, 2.05) is 0 Å². The molecule has 12 aromatic rings. The third kappa shape index (κ3) is 7.02. The van der Waals surface area contributed by atoms with E-state index in [2.05, 4.69) is 266 Å². The summed E-state index contributed by atoms with van der Waals surface area (Å²) in [5.41, 5.74) is 18.9. The Labute approximate surface area is 384 Å². The van der Waals surface area contributed by atoms with Gasteiger partial charge in [-0.15, -0.1) is 0 Å². The van der Waals surface area contributed by atoms with Crippen LogP contribution in [0, 0.1) is 0 Å². The number of fused-ring (bicyclic) bond motifs is 4. The van der Waals surface area contributed by atoms with Crippen LogP contribution in [0.4, 0.5) is 17.1 Å². The summed E-state index contributed by atoms with van der Waals surface area (Å²) in [6.45, 7) is 0. The summed E-state index contributed by atoms with van der Waals surface area (Å²) in [5, 5.41) is 4.72. The second-order valence-corrected chi connectivity index (χ2v) is 16.8. The molecule has 0 amide bonds. The maximum Gasteiger partial charge on any atom is 0.143 e. The van der Waals surface area contributed by atoms with Gasteiger partial charge in [-0.1, -0.05) is 224 Å². The van der Waals surface area contributed by atoms with E-state index in [4.69, 9.17) is 4.42 Å². The Morgan fingerprint density at radius 3 is 1.30 bits per heavy atom. The number of hydrogen-bond acceptors (Lipinski definition) is 2. The van der Waals surface area contributed by atoms with E-state index in [9.17, 15) is 0 Å². The Bertz CT molecular complexity index is 3660. The van der Waals surface area contributed by atoms with Crippen LogP contribution in [0.1, 0.15) is 0 Å². The summed E-state index contributed by atoms with van der Waals surface area (Å²) in [6.07, 6.45) is 0. The van der Waals surface area contributed by atoms with E-state index < -0.39 is 0 Å². The lowest BCUT2D eigenvalue weighted by Gasteiger charge is -2.28. The Kier molecular flexibility index (Phi) is 9.89. The summed E-state index contributed by atoms with van der Waals surface area (Å²) in [4.78, 5) is 2.38. The van der Waals surface area contributed by atoms with Crippen molar-refractivity contribution in [2.24, 2.45) is 0 Å². The fourth-order valence-electron chi connectivity index (χ4n) is 9.72. The molecule has 1 heterocycles. The van der Waals surface area contributed by atoms with Crippen LogP contribution < -0.4 is 4.90 Å². The summed E-state index contributed by atoms with van der Waals surface area (Å²) < 4.78 is 6.82. The van der Waals surface area contributed by atoms with Crippen molar-refractivity contribution >= 4 is 49.8 Å². The van der Waals surface area contributed by atoms with Crippen molar-refractivity contribution in [3.05, 3.63) is 261 Å². The predicted octanol–water partition coefficient (Wildman–Crippen LogP) is 18.2. The lowest BCUT2D eigenvalue weighted by molar-refractivity contribution is 0.671. The molecular formula is C64H43NO. The molecule has 1 aromatic heterocycles. The molecule has 0 N–H and O–H groups in total. The van der Waals surface area contributed by atoms with Crippen LogP contribution in [0.15, 0.2) is 265 Å². The van der Waals surface area contributed by atoms with Crippen LogP contribution in [0.2, 0.25) is 0 Å². The zero-order chi connectivity index (χ0) is 43.8. The van der Waals surface area contributed by atoms with Crippen LogP contribution in [-0.4, -0.2) is 0 Å². The molecule has 0 saturated carbocycles. The van der Waals surface area contributed by atoms with Gasteiger partial charge in [-0.3, -0.25) is 0 Å². The molecule has 2 heteroatoms. The van der Waals surface area contributed by atoms with Gasteiger partial charge in [-0.25, -0.2) is 0 Å². The van der Waals surface area contributed by atoms with Crippen LogP contribution >= 0.6 is 0 Å². The zero-order valence-corrected chi connectivity index (χ0v) is 36.2. The van der Waals surface area contributed by atoms with E-state index in [1.54, 1.807) is 0 Å². The van der Waals surface area contributed by atoms with E-state index >= 15 is 0 Å². The molecule has 0 aliphatic heterocycles. The normalized spacial score (nSPS) is 11.3. The SMILES string of the molecule is c1ccc(-c2cc(-c3ccc(N(c4ccc(-c5cccc6c5oc5c(-c7ccccc7)cccc56)cc4)c4ccccc4-c4ccccc4)cc3)ccc2-c2cccc3ccccc23)cc1. The van der Waals surface area contributed by atoms with Gasteiger partial charge in [-0.2, -0.15) is 0 Å². The summed E-state index contributed by atoms with van der Waals surface area (Å²) in [6, 6.07) is 93.6. The first kappa shape index (κ1) is 38.9. The Balaban J connectivity index is 0.951. The van der Waals surface area contributed by atoms with Crippen molar-refractivity contribution in [3.8, 4) is 66.8 Å². The summed E-state index contributed by atoms with van der Waals surface area (Å²) >= 11 is 0. The summed E-state index contributed by atoms with van der Waals surface area (Å²) in [5.74, 6) is 0. The average Bonchev–Trinajstić information content (AvgIpc) is 3.79. The van der Waals surface area contributed by atoms with E-state index in [1.165, 1.54) is 38.6 Å². The van der Waals surface area contributed by atoms with Crippen molar-refractivity contribution < 1.29 is 4.42 Å². The molecule has 0 spiro atoms. The van der Waals surface area contributed by atoms with Gasteiger partial charge in [0.05, 0.1) is 5.69 Å². The van der Waals surface area contributed by atoms with Crippen molar-refractivity contribution in [3.63, 3.8) is 0 Å². The first-order chi connectivity index (χ1) is 32.7. The molecule has 12 rings (SSSR count). The van der Waals surface area contributed by atoms with Gasteiger partial charge < -0.3 is 9.32 Å². The first-order valence-corrected chi connectivity index (χ1v) is 22.6. The van der Waals surface area contributed by atoms with Crippen LogP contribution in [0.3, 0.4) is 0 Å². The molecule has 66 heavy (non-hydrogen) atoms. The minimum absolute atomic E-state index is 0.895. The topological polar surface area (TPSA) is 16.4 Å². The molecule has 0 unspecified atom stereocenters. The molecule has 0 fully saturated rings. The molecule has 0 atom stereocenters. The third-order valence-corrected chi connectivity index (χ3v) is 12.9. The van der Waals surface area contributed by atoms with Crippen molar-refractivity contribution in [2.45, 2.75) is 0 Å². The molecule has 2 nitrogen and oxygen atoms in total. The maximum atomic E-state index is 6.82. The molecule has 0 saturated heterocycles. The van der Waals surface area contributed by atoms with Gasteiger partial charge >= 0.3 is 0 Å². The zero-order valence-electron chi connectivity index (χ0n) is 36.2. The highest BCUT2D eigenvalue weighted by Crippen LogP contribution is 2.45. The molecule has 0 bridgehead atoms. The van der Waals surface area contributed by atoms with Gasteiger partial charge in [0, 0.05) is 38.8 Å². The smallest absolute Gasteiger partial charge is 0.143 e. The molecule has 11 aromatic carbocycles. The third-order valence-electron chi connectivity index (χ3n) is 12.9. The van der Waals surface area contributed by atoms with Crippen LogP contribution in [-0.2, 0) is 0 Å². The minimum atomic E-state index is 0.895. The van der Waals surface area contributed by atoms with Gasteiger partial charge in [0.1, 0.15) is 11.2 Å². The second-order valence-electron chi connectivity index (χ2n) is 16.8. The fourth-order valence-corrected chi connectivity index (χ4v) is 9.72. The van der Waals surface area contributed by atoms with Crippen molar-refractivity contribution in [1.82, 2.24) is 0 Å². The van der Waals surface area contributed by atoms with Crippen LogP contribution in [0.5, 0.6) is 0 Å². The molecule has 0 aliphatic carbocycles. The highest BCUT2D eigenvalue weighted by molar-refractivity contribution is 6.13. The Morgan fingerprint density at radius 1 is 0.242 bits per heavy atom. The number of anilines is 3. The minimum Gasteiger partial charge on any atom is -0.455 e. The van der Waals surface area contributed by atoms with Gasteiger partial charge in [0.25, 0.3) is 0 Å². The van der Waals surface area contributed by atoms with E-state index in [0.29, 0.717) is 0 Å². The Hall–Kier alpha value is -8.72. The standard InChI is InChI=1S/C64H43NO/c1-4-17-46(18-5-1)54-26-12-13-32-62(54)65(52-40-35-49(36-41-52)56-28-16-31-60-59-30-15-27-55(63(59)66-64(56)60)47-19-6-2-7-20-47)51-38-33-44(34-39-51)50-37-42-58(61(43-50)48-21-8-3-9-22-48)57-29-14-24-45-23-10-11-25-53(45)57/h1-43H. The number of rotatable bonds is 9. The molecule has 0 radical (unpaired) electrons. The predicted molar refractivity (Wildman–Crippen MR) is 279 cm³/mol. The first-order valence-electron chi connectivity index (χ1n) is 22.6. The molecule has 310 valence electrons. The second kappa shape index (κ2) is 16.8. The number of nitrogens with zero attached hydrogens (tertiary/aromatic N) is 1. The van der Waals surface area contributed by atoms with Gasteiger partial charge in [-0.05, 0) is 97.2 Å². The number of hydrogen-bond donors (Lipinski definition) is 0. The lowest BCUT2D eigenvalue weighted by atomic mass is 9.89.